The van der Waals surface area contributed by atoms with Crippen LogP contribution in [0, 0.1) is 17.3 Å². The summed E-state index contributed by atoms with van der Waals surface area (Å²) < 4.78 is 5.44. The summed E-state index contributed by atoms with van der Waals surface area (Å²) in [5.41, 5.74) is 0.636. The molecule has 0 spiro atoms. The first-order valence-electron chi connectivity index (χ1n) is 8.73. The minimum atomic E-state index is 0.636. The van der Waals surface area contributed by atoms with E-state index in [2.05, 4.69) is 22.3 Å². The molecule has 0 aromatic rings. The van der Waals surface area contributed by atoms with Gasteiger partial charge < -0.3 is 15.0 Å². The van der Waals surface area contributed by atoms with Gasteiger partial charge in [0.05, 0.1) is 0 Å². The number of nitrogens with one attached hydrogen (secondary N) is 1. The Morgan fingerprint density at radius 3 is 2.52 bits per heavy atom. The van der Waals surface area contributed by atoms with Crippen LogP contribution in [0.2, 0.25) is 0 Å². The van der Waals surface area contributed by atoms with Crippen LogP contribution in [-0.2, 0) is 4.74 Å². The van der Waals surface area contributed by atoms with E-state index in [9.17, 15) is 0 Å². The van der Waals surface area contributed by atoms with Gasteiger partial charge in [-0.15, -0.1) is 0 Å². The summed E-state index contributed by atoms with van der Waals surface area (Å²) >= 11 is 0. The number of ether oxygens (including phenoxy) is 1. The SMILES string of the molecule is CN=C(NCC1(C2CC2)CC1)N(C)CCC1CCOCC1. The zero-order chi connectivity index (χ0) is 14.7. The van der Waals surface area contributed by atoms with Gasteiger partial charge in [-0.05, 0) is 62.2 Å². The molecule has 1 saturated heterocycles. The molecule has 3 rings (SSSR count). The van der Waals surface area contributed by atoms with Gasteiger partial charge in [0.15, 0.2) is 5.96 Å². The monoisotopic (exact) mass is 293 g/mol. The first-order valence-corrected chi connectivity index (χ1v) is 8.73. The van der Waals surface area contributed by atoms with Crippen LogP contribution in [-0.4, -0.2) is 51.3 Å². The second-order valence-electron chi connectivity index (χ2n) is 7.30. The highest BCUT2D eigenvalue weighted by Crippen LogP contribution is 2.60. The van der Waals surface area contributed by atoms with Gasteiger partial charge in [-0.3, -0.25) is 4.99 Å². The number of hydrogen-bond donors (Lipinski definition) is 1. The smallest absolute Gasteiger partial charge is 0.193 e. The Labute approximate surface area is 129 Å². The summed E-state index contributed by atoms with van der Waals surface area (Å²) in [5.74, 6) is 2.92. The number of guanidine groups is 1. The topological polar surface area (TPSA) is 36.9 Å². The molecular formula is C17H31N3O. The summed E-state index contributed by atoms with van der Waals surface area (Å²) in [4.78, 5) is 6.77. The Morgan fingerprint density at radius 2 is 1.95 bits per heavy atom. The predicted molar refractivity (Wildman–Crippen MR) is 86.5 cm³/mol. The van der Waals surface area contributed by atoms with E-state index in [1.165, 1.54) is 44.9 Å². The Hall–Kier alpha value is -0.770. The van der Waals surface area contributed by atoms with Gasteiger partial charge in [-0.1, -0.05) is 0 Å². The molecule has 0 radical (unpaired) electrons. The van der Waals surface area contributed by atoms with E-state index >= 15 is 0 Å². The Morgan fingerprint density at radius 1 is 1.24 bits per heavy atom. The molecule has 0 aromatic carbocycles. The summed E-state index contributed by atoms with van der Waals surface area (Å²) in [6, 6.07) is 0. The highest BCUT2D eigenvalue weighted by atomic mass is 16.5. The third-order valence-corrected chi connectivity index (χ3v) is 5.72. The molecule has 0 bridgehead atoms. The van der Waals surface area contributed by atoms with E-state index in [0.29, 0.717) is 5.41 Å². The second kappa shape index (κ2) is 6.55. The van der Waals surface area contributed by atoms with Crippen molar-refractivity contribution in [2.24, 2.45) is 22.2 Å². The minimum absolute atomic E-state index is 0.636. The second-order valence-corrected chi connectivity index (χ2v) is 7.30. The summed E-state index contributed by atoms with van der Waals surface area (Å²) in [6.07, 6.45) is 9.48. The van der Waals surface area contributed by atoms with Gasteiger partial charge in [0.1, 0.15) is 0 Å². The van der Waals surface area contributed by atoms with E-state index in [1.807, 2.05) is 7.05 Å². The van der Waals surface area contributed by atoms with Crippen LogP contribution in [0.3, 0.4) is 0 Å². The first-order chi connectivity index (χ1) is 10.2. The van der Waals surface area contributed by atoms with Gasteiger partial charge in [0.25, 0.3) is 0 Å². The standard InChI is InChI=1S/C17H31N3O/c1-18-16(19-13-17(8-9-17)15-3-4-15)20(2)10-5-14-6-11-21-12-7-14/h14-15H,3-13H2,1-2H3,(H,18,19). The quantitative estimate of drug-likeness (QED) is 0.604. The van der Waals surface area contributed by atoms with Gasteiger partial charge >= 0.3 is 0 Å². The van der Waals surface area contributed by atoms with Gasteiger partial charge in [0, 0.05) is 40.4 Å². The van der Waals surface area contributed by atoms with Gasteiger partial charge in [0.2, 0.25) is 0 Å². The largest absolute Gasteiger partial charge is 0.381 e. The van der Waals surface area contributed by atoms with Crippen LogP contribution in [0.5, 0.6) is 0 Å². The Balaban J connectivity index is 1.40. The van der Waals surface area contributed by atoms with Crippen molar-refractivity contribution in [3.8, 4) is 0 Å². The molecule has 2 saturated carbocycles. The van der Waals surface area contributed by atoms with E-state index in [0.717, 1.165) is 44.1 Å². The predicted octanol–water partition coefficient (Wildman–Crippen LogP) is 2.50. The lowest BCUT2D eigenvalue weighted by molar-refractivity contribution is 0.0625. The molecule has 4 nitrogen and oxygen atoms in total. The maximum atomic E-state index is 5.44. The molecular weight excluding hydrogens is 262 g/mol. The minimum Gasteiger partial charge on any atom is -0.381 e. The molecule has 120 valence electrons. The molecule has 0 unspecified atom stereocenters. The van der Waals surface area contributed by atoms with Crippen molar-refractivity contribution in [2.75, 3.05) is 40.4 Å². The van der Waals surface area contributed by atoms with E-state index < -0.39 is 0 Å². The van der Waals surface area contributed by atoms with Crippen LogP contribution in [0.1, 0.15) is 44.9 Å². The van der Waals surface area contributed by atoms with E-state index in [4.69, 9.17) is 4.74 Å². The fraction of sp³-hybridized carbons (Fsp3) is 0.941. The Kier molecular flexibility index (Phi) is 4.72. The lowest BCUT2D eigenvalue weighted by atomic mass is 9.96. The lowest BCUT2D eigenvalue weighted by Gasteiger charge is -2.27. The van der Waals surface area contributed by atoms with Crippen LogP contribution in [0.25, 0.3) is 0 Å². The van der Waals surface area contributed by atoms with Crippen LogP contribution >= 0.6 is 0 Å². The lowest BCUT2D eigenvalue weighted by Crippen LogP contribution is -2.42. The van der Waals surface area contributed by atoms with Crippen molar-refractivity contribution in [3.63, 3.8) is 0 Å². The molecule has 1 aliphatic heterocycles. The fourth-order valence-electron chi connectivity index (χ4n) is 3.74. The van der Waals surface area contributed by atoms with Crippen molar-refractivity contribution in [1.82, 2.24) is 10.2 Å². The molecule has 1 N–H and O–H groups in total. The van der Waals surface area contributed by atoms with Crippen molar-refractivity contribution >= 4 is 5.96 Å². The Bertz CT molecular complexity index is 368. The molecule has 4 heteroatoms. The third kappa shape index (κ3) is 3.91. The van der Waals surface area contributed by atoms with E-state index in [1.54, 1.807) is 0 Å². The van der Waals surface area contributed by atoms with Crippen molar-refractivity contribution in [1.29, 1.82) is 0 Å². The number of rotatable bonds is 6. The first kappa shape index (κ1) is 15.1. The van der Waals surface area contributed by atoms with Crippen molar-refractivity contribution in [2.45, 2.75) is 44.9 Å². The molecule has 0 amide bonds. The maximum Gasteiger partial charge on any atom is 0.193 e. The third-order valence-electron chi connectivity index (χ3n) is 5.72. The zero-order valence-electron chi connectivity index (χ0n) is 13.7. The van der Waals surface area contributed by atoms with Crippen LogP contribution in [0.4, 0.5) is 0 Å². The number of nitrogens with zero attached hydrogens (tertiary/aromatic N) is 2. The molecule has 2 aliphatic carbocycles. The average Bonchev–Trinajstić information content (AvgIpc) is 3.39. The molecule has 21 heavy (non-hydrogen) atoms. The van der Waals surface area contributed by atoms with Crippen molar-refractivity contribution < 1.29 is 4.74 Å². The number of aliphatic imine (C=N–C) groups is 1. The average molecular weight is 293 g/mol. The zero-order valence-corrected chi connectivity index (χ0v) is 13.7. The molecule has 3 aliphatic rings. The van der Waals surface area contributed by atoms with Gasteiger partial charge in [-0.2, -0.15) is 0 Å². The normalized spacial score (nSPS) is 25.7. The highest BCUT2D eigenvalue weighted by molar-refractivity contribution is 5.79. The summed E-state index contributed by atoms with van der Waals surface area (Å²) in [6.45, 7) is 4.13. The molecule has 0 aromatic heterocycles. The fourth-order valence-corrected chi connectivity index (χ4v) is 3.74. The van der Waals surface area contributed by atoms with Crippen molar-refractivity contribution in [3.05, 3.63) is 0 Å². The van der Waals surface area contributed by atoms with Crippen LogP contribution < -0.4 is 5.32 Å². The van der Waals surface area contributed by atoms with Gasteiger partial charge in [-0.25, -0.2) is 0 Å². The van der Waals surface area contributed by atoms with Crippen LogP contribution in [0.15, 0.2) is 4.99 Å². The molecule has 1 heterocycles. The maximum absolute atomic E-state index is 5.44. The number of hydrogen-bond acceptors (Lipinski definition) is 2. The molecule has 3 fully saturated rings. The highest BCUT2D eigenvalue weighted by Gasteiger charge is 2.53. The summed E-state index contributed by atoms with van der Waals surface area (Å²) in [5, 5.41) is 3.63. The molecule has 0 atom stereocenters. The summed E-state index contributed by atoms with van der Waals surface area (Å²) in [7, 11) is 4.08. The van der Waals surface area contributed by atoms with E-state index in [-0.39, 0.29) is 0 Å².